The first-order valence-electron chi connectivity index (χ1n) is 2.97. The fraction of sp³-hybridized carbons (Fsp3) is 0.600. The maximum atomic E-state index is 10.4. The highest BCUT2D eigenvalue weighted by Crippen LogP contribution is 1.70. The number of aryl methyl sites for hydroxylation is 1. The van der Waals surface area contributed by atoms with Crippen molar-refractivity contribution in [2.24, 2.45) is 7.05 Å². The Bertz CT molecular complexity index is 282. The molecule has 58 valence electrons. The first-order chi connectivity index (χ1) is 4.70. The fourth-order valence-electron chi connectivity index (χ4n) is 0.355. The molecule has 1 N–H and O–H groups in total. The van der Waals surface area contributed by atoms with Gasteiger partial charge in [-0.05, 0) is 0 Å². The molecule has 0 amide bonds. The number of hydrogen-bond donors (Lipinski definition) is 1. The van der Waals surface area contributed by atoms with Gasteiger partial charge in [-0.15, -0.1) is 0 Å². The number of hydrogen-bond acceptors (Lipinski definition) is 3. The van der Waals surface area contributed by atoms with Crippen LogP contribution >= 0.6 is 11.5 Å². The average Bonchev–Trinajstić information content (AvgIpc) is 2.16. The van der Waals surface area contributed by atoms with Gasteiger partial charge < -0.3 is 0 Å². The number of rotatable bonds is 0. The zero-order valence-electron chi connectivity index (χ0n) is 6.17. The van der Waals surface area contributed by atoms with Gasteiger partial charge in [-0.1, -0.05) is 13.8 Å². The summed E-state index contributed by atoms with van der Waals surface area (Å²) >= 11 is 0.862. The summed E-state index contributed by atoms with van der Waals surface area (Å²) in [6.07, 6.45) is 0. The molecule has 0 radical (unpaired) electrons. The second kappa shape index (κ2) is 4.05. The number of H-pyrrole nitrogens is 1. The van der Waals surface area contributed by atoms with Gasteiger partial charge in [0.05, 0.1) is 0 Å². The third-order valence-electron chi connectivity index (χ3n) is 0.715. The molecule has 0 bridgehead atoms. The van der Waals surface area contributed by atoms with Crippen LogP contribution in [0.25, 0.3) is 0 Å². The normalized spacial score (nSPS) is 8.30. The van der Waals surface area contributed by atoms with Crippen LogP contribution in [0.3, 0.4) is 0 Å². The van der Waals surface area contributed by atoms with Crippen molar-refractivity contribution >= 4 is 11.5 Å². The van der Waals surface area contributed by atoms with Crippen LogP contribution in [-0.4, -0.2) is 8.94 Å². The van der Waals surface area contributed by atoms with Crippen molar-refractivity contribution in [3.63, 3.8) is 0 Å². The van der Waals surface area contributed by atoms with Gasteiger partial charge in [-0.3, -0.25) is 9.78 Å². The van der Waals surface area contributed by atoms with Gasteiger partial charge in [-0.25, -0.2) is 8.75 Å². The van der Waals surface area contributed by atoms with E-state index >= 15 is 0 Å². The zero-order chi connectivity index (χ0) is 8.15. The maximum absolute atomic E-state index is 10.4. The average molecular weight is 162 g/mol. The minimum atomic E-state index is -0.347. The molecule has 1 aromatic rings. The van der Waals surface area contributed by atoms with Crippen molar-refractivity contribution in [1.29, 1.82) is 0 Å². The number of aromatic nitrogens is 2. The van der Waals surface area contributed by atoms with Gasteiger partial charge >= 0.3 is 10.6 Å². The van der Waals surface area contributed by atoms with E-state index in [2.05, 4.69) is 4.98 Å². The molecule has 0 aliphatic heterocycles. The fourth-order valence-corrected chi connectivity index (χ4v) is 0.865. The molecule has 1 aromatic heterocycles. The SMILES string of the molecule is CC.Cn1sc(=O)[nH]c1=O. The van der Waals surface area contributed by atoms with Crippen molar-refractivity contribution in [3.8, 4) is 0 Å². The molecule has 0 aromatic carbocycles. The van der Waals surface area contributed by atoms with E-state index in [1.54, 1.807) is 0 Å². The third-order valence-corrected chi connectivity index (χ3v) is 1.42. The van der Waals surface area contributed by atoms with Crippen molar-refractivity contribution in [1.82, 2.24) is 8.94 Å². The standard InChI is InChI=1S/C3H4N2O2S.C2H6/c1-5-2(6)4-3(7)8-5;1-2/h1H3,(H,4,6,7);1-2H3. The largest absolute Gasteiger partial charge is 0.338 e. The monoisotopic (exact) mass is 162 g/mol. The maximum Gasteiger partial charge on any atom is 0.338 e. The lowest BCUT2D eigenvalue weighted by Crippen LogP contribution is -2.12. The smallest absolute Gasteiger partial charge is 0.263 e. The number of nitrogens with zero attached hydrogens (tertiary/aromatic N) is 1. The molecule has 0 saturated carbocycles. The molecule has 0 atom stereocenters. The second-order valence-electron chi connectivity index (χ2n) is 1.31. The van der Waals surface area contributed by atoms with Gasteiger partial charge in [0.25, 0.3) is 0 Å². The summed E-state index contributed by atoms with van der Waals surface area (Å²) in [4.78, 5) is 22.4. The van der Waals surface area contributed by atoms with E-state index in [0.29, 0.717) is 0 Å². The van der Waals surface area contributed by atoms with E-state index in [4.69, 9.17) is 0 Å². The summed E-state index contributed by atoms with van der Waals surface area (Å²) in [7, 11) is 1.53. The Balaban J connectivity index is 0.000000371. The molecule has 1 heterocycles. The van der Waals surface area contributed by atoms with Gasteiger partial charge in [-0.2, -0.15) is 0 Å². The van der Waals surface area contributed by atoms with Crippen LogP contribution in [0.5, 0.6) is 0 Å². The highest BCUT2D eigenvalue weighted by atomic mass is 32.1. The second-order valence-corrected chi connectivity index (χ2v) is 2.41. The molecule has 0 spiro atoms. The predicted octanol–water partition coefficient (Wildman–Crippen LogP) is 0.161. The molecule has 0 aliphatic rings. The van der Waals surface area contributed by atoms with E-state index in [-0.39, 0.29) is 10.6 Å². The van der Waals surface area contributed by atoms with E-state index in [0.717, 1.165) is 11.5 Å². The van der Waals surface area contributed by atoms with Crippen LogP contribution < -0.4 is 10.6 Å². The van der Waals surface area contributed by atoms with Gasteiger partial charge in [0.15, 0.2) is 0 Å². The van der Waals surface area contributed by atoms with Crippen molar-refractivity contribution in [2.45, 2.75) is 13.8 Å². The molecule has 10 heavy (non-hydrogen) atoms. The topological polar surface area (TPSA) is 54.9 Å². The van der Waals surface area contributed by atoms with Crippen molar-refractivity contribution in [3.05, 3.63) is 20.2 Å². The molecule has 0 fully saturated rings. The lowest BCUT2D eigenvalue weighted by Gasteiger charge is -1.73. The van der Waals surface area contributed by atoms with Crippen molar-refractivity contribution in [2.75, 3.05) is 0 Å². The van der Waals surface area contributed by atoms with Crippen LogP contribution in [0.4, 0.5) is 0 Å². The Hall–Kier alpha value is -0.840. The lowest BCUT2D eigenvalue weighted by molar-refractivity contribution is 0.929. The van der Waals surface area contributed by atoms with Crippen LogP contribution in [-0.2, 0) is 7.05 Å². The molecular formula is C5H10N2O2S. The Morgan fingerprint density at radius 1 is 1.40 bits per heavy atom. The number of aromatic amines is 1. The molecule has 0 unspecified atom stereocenters. The van der Waals surface area contributed by atoms with Crippen LogP contribution in [0, 0.1) is 0 Å². The van der Waals surface area contributed by atoms with E-state index in [1.165, 1.54) is 11.0 Å². The van der Waals surface area contributed by atoms with E-state index in [9.17, 15) is 9.59 Å². The molecule has 0 saturated heterocycles. The van der Waals surface area contributed by atoms with Gasteiger partial charge in [0, 0.05) is 18.6 Å². The molecule has 5 heteroatoms. The Morgan fingerprint density at radius 3 is 2.00 bits per heavy atom. The quantitative estimate of drug-likeness (QED) is 0.591. The van der Waals surface area contributed by atoms with Crippen LogP contribution in [0.2, 0.25) is 0 Å². The van der Waals surface area contributed by atoms with Crippen LogP contribution in [0.15, 0.2) is 9.59 Å². The lowest BCUT2D eigenvalue weighted by atomic mass is 11.0. The summed E-state index contributed by atoms with van der Waals surface area (Å²) in [5.74, 6) is 0. The van der Waals surface area contributed by atoms with Crippen molar-refractivity contribution < 1.29 is 0 Å². The summed E-state index contributed by atoms with van der Waals surface area (Å²) in [5, 5.41) is 0. The van der Waals surface area contributed by atoms with E-state index in [1.807, 2.05) is 13.8 Å². The molecular weight excluding hydrogens is 152 g/mol. The molecule has 1 rings (SSSR count). The van der Waals surface area contributed by atoms with Gasteiger partial charge in [0.1, 0.15) is 0 Å². The first-order valence-corrected chi connectivity index (χ1v) is 3.74. The van der Waals surface area contributed by atoms with Crippen LogP contribution in [0.1, 0.15) is 13.8 Å². The molecule has 4 nitrogen and oxygen atoms in total. The van der Waals surface area contributed by atoms with Gasteiger partial charge in [0.2, 0.25) is 0 Å². The summed E-state index contributed by atoms with van der Waals surface area (Å²) in [5.41, 5.74) is -0.347. The summed E-state index contributed by atoms with van der Waals surface area (Å²) in [6.45, 7) is 4.00. The Morgan fingerprint density at radius 2 is 1.90 bits per heavy atom. The number of nitrogens with one attached hydrogen (secondary N) is 1. The highest BCUT2D eigenvalue weighted by molar-refractivity contribution is 7.03. The minimum Gasteiger partial charge on any atom is -0.263 e. The van der Waals surface area contributed by atoms with E-state index < -0.39 is 0 Å². The Kier molecular flexibility index (Phi) is 3.71. The Labute approximate surface area is 62.3 Å². The zero-order valence-corrected chi connectivity index (χ0v) is 6.99. The summed E-state index contributed by atoms with van der Waals surface area (Å²) in [6, 6.07) is 0. The predicted molar refractivity (Wildman–Crippen MR) is 41.5 cm³/mol. The molecule has 0 aliphatic carbocycles. The minimum absolute atomic E-state index is 0.308. The summed E-state index contributed by atoms with van der Waals surface area (Å²) < 4.78 is 1.24. The first kappa shape index (κ1) is 9.16. The third kappa shape index (κ3) is 2.18. The highest BCUT2D eigenvalue weighted by Gasteiger charge is 1.90.